The number of hydrogen-bond donors (Lipinski definition) is 3. The van der Waals surface area contributed by atoms with Crippen LogP contribution in [0, 0.1) is 11.6 Å². The molecule has 0 saturated heterocycles. The van der Waals surface area contributed by atoms with Gasteiger partial charge in [-0.1, -0.05) is 12.1 Å². The van der Waals surface area contributed by atoms with Crippen LogP contribution in [0.15, 0.2) is 30.3 Å². The molecule has 7 heteroatoms. The topological polar surface area (TPSA) is 70.6 Å². The normalized spacial score (nSPS) is 22.0. The number of carbonyl (C=O) groups excluding carboxylic acids is 1. The summed E-state index contributed by atoms with van der Waals surface area (Å²) in [5.41, 5.74) is 1.45. The summed E-state index contributed by atoms with van der Waals surface area (Å²) in [6.45, 7) is 3.67. The molecule has 2 aromatic carbocycles. The Balaban J connectivity index is 1.56. The van der Waals surface area contributed by atoms with E-state index in [1.54, 1.807) is 12.1 Å². The number of aliphatic hydroxyl groups is 1. The van der Waals surface area contributed by atoms with Gasteiger partial charge in [0.05, 0.1) is 12.1 Å². The predicted octanol–water partition coefficient (Wildman–Crippen LogP) is 3.85. The molecule has 2 atom stereocenters. The maximum atomic E-state index is 14.2. The summed E-state index contributed by atoms with van der Waals surface area (Å²) in [6, 6.07) is 6.50. The number of urea groups is 1. The van der Waals surface area contributed by atoms with Gasteiger partial charge in [0.1, 0.15) is 11.4 Å². The van der Waals surface area contributed by atoms with Gasteiger partial charge in [0.15, 0.2) is 11.6 Å². The fraction of sp³-hybridized carbons (Fsp3) is 0.381. The van der Waals surface area contributed by atoms with E-state index in [0.717, 1.165) is 0 Å². The maximum absolute atomic E-state index is 14.2. The Morgan fingerprint density at radius 2 is 1.89 bits per heavy atom. The average Bonchev–Trinajstić information content (AvgIpc) is 3.00. The third-order valence-corrected chi connectivity index (χ3v) is 5.25. The molecule has 0 fully saturated rings. The van der Waals surface area contributed by atoms with Crippen molar-refractivity contribution in [2.75, 3.05) is 5.32 Å². The zero-order valence-corrected chi connectivity index (χ0v) is 15.7. The summed E-state index contributed by atoms with van der Waals surface area (Å²) in [7, 11) is 0. The SMILES string of the molecule is CC1(C)C[C@@H](NC(=O)Nc2ccc(F)c3c2C[C@H](O)C3)c2cccc(F)c2O1. The van der Waals surface area contributed by atoms with Gasteiger partial charge >= 0.3 is 6.03 Å². The number of nitrogens with one attached hydrogen (secondary N) is 2. The second-order valence-electron chi connectivity index (χ2n) is 7.99. The van der Waals surface area contributed by atoms with Gasteiger partial charge in [-0.25, -0.2) is 13.6 Å². The van der Waals surface area contributed by atoms with Crippen molar-refractivity contribution in [3.05, 3.63) is 58.7 Å². The van der Waals surface area contributed by atoms with Crippen molar-refractivity contribution < 1.29 is 23.4 Å². The van der Waals surface area contributed by atoms with Crippen molar-refractivity contribution in [1.29, 1.82) is 0 Å². The lowest BCUT2D eigenvalue weighted by molar-refractivity contribution is 0.0630. The zero-order valence-electron chi connectivity index (χ0n) is 15.7. The lowest BCUT2D eigenvalue weighted by Gasteiger charge is -2.38. The van der Waals surface area contributed by atoms with Gasteiger partial charge in [0, 0.05) is 30.5 Å². The third-order valence-electron chi connectivity index (χ3n) is 5.25. The standard InChI is InChI=1S/C21H22F2N2O3/c1-21(2)10-18(12-4-3-5-16(23)19(12)28-21)25-20(27)24-17-7-6-15(22)13-8-11(26)9-14(13)17/h3-7,11,18,26H,8-10H2,1-2H3,(H2,24,25,27)/t11-,18-/m1/s1. The number of para-hydroxylation sites is 1. The Morgan fingerprint density at radius 1 is 1.14 bits per heavy atom. The van der Waals surface area contributed by atoms with E-state index < -0.39 is 29.6 Å². The lowest BCUT2D eigenvalue weighted by Crippen LogP contribution is -2.42. The van der Waals surface area contributed by atoms with Crippen molar-refractivity contribution in [3.63, 3.8) is 0 Å². The van der Waals surface area contributed by atoms with Crippen molar-refractivity contribution in [2.45, 2.75) is 50.9 Å². The quantitative estimate of drug-likeness (QED) is 0.732. The number of hydrogen-bond acceptors (Lipinski definition) is 3. The van der Waals surface area contributed by atoms with Crippen LogP contribution < -0.4 is 15.4 Å². The van der Waals surface area contributed by atoms with Crippen molar-refractivity contribution in [2.24, 2.45) is 0 Å². The summed E-state index contributed by atoms with van der Waals surface area (Å²) in [4.78, 5) is 12.6. The Labute approximate surface area is 161 Å². The Bertz CT molecular complexity index is 945. The van der Waals surface area contributed by atoms with Crippen LogP contribution in [0.25, 0.3) is 0 Å². The number of ether oxygens (including phenoxy) is 1. The highest BCUT2D eigenvalue weighted by Crippen LogP contribution is 2.41. The molecule has 0 unspecified atom stereocenters. The van der Waals surface area contributed by atoms with Gasteiger partial charge < -0.3 is 20.5 Å². The van der Waals surface area contributed by atoms with Gasteiger partial charge in [-0.2, -0.15) is 0 Å². The van der Waals surface area contributed by atoms with Crippen LogP contribution in [0.1, 0.15) is 43.0 Å². The first kappa shape index (κ1) is 18.7. The van der Waals surface area contributed by atoms with Crippen molar-refractivity contribution >= 4 is 11.7 Å². The van der Waals surface area contributed by atoms with Gasteiger partial charge in [-0.15, -0.1) is 0 Å². The first-order valence-electron chi connectivity index (χ1n) is 9.27. The molecule has 0 saturated carbocycles. The molecule has 4 rings (SSSR count). The Kier molecular flexibility index (Phi) is 4.50. The van der Waals surface area contributed by atoms with E-state index in [9.17, 15) is 18.7 Å². The van der Waals surface area contributed by atoms with Gasteiger partial charge in [-0.05, 0) is 43.2 Å². The molecule has 3 N–H and O–H groups in total. The maximum Gasteiger partial charge on any atom is 0.319 e. The predicted molar refractivity (Wildman–Crippen MR) is 100 cm³/mol. The fourth-order valence-electron chi connectivity index (χ4n) is 4.05. The minimum atomic E-state index is -0.651. The van der Waals surface area contributed by atoms with Crippen LogP contribution in [-0.2, 0) is 12.8 Å². The molecule has 2 amide bonds. The number of rotatable bonds is 2. The largest absolute Gasteiger partial charge is 0.484 e. The summed E-state index contributed by atoms with van der Waals surface area (Å²) < 4.78 is 33.9. The lowest BCUT2D eigenvalue weighted by atomic mass is 9.89. The highest BCUT2D eigenvalue weighted by Gasteiger charge is 2.36. The molecular weight excluding hydrogens is 366 g/mol. The zero-order chi connectivity index (χ0) is 20.1. The molecule has 5 nitrogen and oxygen atoms in total. The van der Waals surface area contributed by atoms with E-state index in [1.165, 1.54) is 18.2 Å². The summed E-state index contributed by atoms with van der Waals surface area (Å²) >= 11 is 0. The van der Waals surface area contributed by atoms with E-state index in [1.807, 2.05) is 13.8 Å². The van der Waals surface area contributed by atoms with E-state index >= 15 is 0 Å². The molecule has 2 aromatic rings. The summed E-state index contributed by atoms with van der Waals surface area (Å²) in [5.74, 6) is -0.703. The molecule has 0 radical (unpaired) electrons. The molecule has 148 valence electrons. The van der Waals surface area contributed by atoms with Gasteiger partial charge in [-0.3, -0.25) is 0 Å². The summed E-state index contributed by atoms with van der Waals surface area (Å²) in [5, 5.41) is 15.5. The number of carbonyl (C=O) groups is 1. The second-order valence-corrected chi connectivity index (χ2v) is 7.99. The van der Waals surface area contributed by atoms with Crippen LogP contribution in [0.3, 0.4) is 0 Å². The van der Waals surface area contributed by atoms with Gasteiger partial charge in [0.25, 0.3) is 0 Å². The molecular formula is C21H22F2N2O3. The highest BCUT2D eigenvalue weighted by molar-refractivity contribution is 5.91. The minimum absolute atomic E-state index is 0.148. The summed E-state index contributed by atoms with van der Waals surface area (Å²) in [6.07, 6.45) is 0.346. The number of fused-ring (bicyclic) bond motifs is 2. The fourth-order valence-corrected chi connectivity index (χ4v) is 4.05. The van der Waals surface area contributed by atoms with Gasteiger partial charge in [0.2, 0.25) is 0 Å². The average molecular weight is 388 g/mol. The number of benzene rings is 2. The van der Waals surface area contributed by atoms with E-state index in [4.69, 9.17) is 4.74 Å². The van der Waals surface area contributed by atoms with Crippen LogP contribution in [-0.4, -0.2) is 22.8 Å². The smallest absolute Gasteiger partial charge is 0.319 e. The second kappa shape index (κ2) is 6.74. The Hall–Kier alpha value is -2.67. The third kappa shape index (κ3) is 3.42. The molecule has 2 aliphatic rings. The number of aliphatic hydroxyl groups excluding tert-OH is 1. The van der Waals surface area contributed by atoms with E-state index in [2.05, 4.69) is 10.6 Å². The number of anilines is 1. The number of halogens is 2. The number of amides is 2. The molecule has 1 heterocycles. The van der Waals surface area contributed by atoms with E-state index in [0.29, 0.717) is 35.2 Å². The van der Waals surface area contributed by atoms with Crippen LogP contribution in [0.2, 0.25) is 0 Å². The molecule has 28 heavy (non-hydrogen) atoms. The molecule has 0 bridgehead atoms. The van der Waals surface area contributed by atoms with Crippen LogP contribution in [0.5, 0.6) is 5.75 Å². The van der Waals surface area contributed by atoms with Crippen molar-refractivity contribution in [3.8, 4) is 5.75 Å². The van der Waals surface area contributed by atoms with Crippen LogP contribution >= 0.6 is 0 Å². The first-order valence-corrected chi connectivity index (χ1v) is 9.27. The monoisotopic (exact) mass is 388 g/mol. The minimum Gasteiger partial charge on any atom is -0.484 e. The molecule has 0 aromatic heterocycles. The highest BCUT2D eigenvalue weighted by atomic mass is 19.1. The van der Waals surface area contributed by atoms with E-state index in [-0.39, 0.29) is 18.0 Å². The molecule has 1 aliphatic heterocycles. The van der Waals surface area contributed by atoms with Crippen molar-refractivity contribution in [1.82, 2.24) is 5.32 Å². The van der Waals surface area contributed by atoms with Crippen LogP contribution in [0.4, 0.5) is 19.3 Å². The first-order chi connectivity index (χ1) is 13.2. The molecule has 0 spiro atoms. The molecule has 1 aliphatic carbocycles. The Morgan fingerprint density at radius 3 is 2.68 bits per heavy atom.